The average molecular weight is 407 g/mol. The van der Waals surface area contributed by atoms with Crippen LogP contribution in [0.2, 0.25) is 0 Å². The fourth-order valence-corrected chi connectivity index (χ4v) is 3.66. The molecule has 1 fully saturated rings. The Labute approximate surface area is 166 Å². The predicted octanol–water partition coefficient (Wildman–Crippen LogP) is 0.931. The predicted molar refractivity (Wildman–Crippen MR) is 105 cm³/mol. The molecule has 0 spiro atoms. The zero-order valence-electron chi connectivity index (χ0n) is 14.9. The number of hydrogen-bond donors (Lipinski definition) is 1. The molecule has 1 aromatic rings. The number of amides is 2. The zero-order valence-corrected chi connectivity index (χ0v) is 16.5. The van der Waals surface area contributed by atoms with Gasteiger partial charge < -0.3 is 20.0 Å². The van der Waals surface area contributed by atoms with E-state index in [1.165, 1.54) is 4.90 Å². The number of hydrogen-bond acceptors (Lipinski definition) is 7. The summed E-state index contributed by atoms with van der Waals surface area (Å²) in [6, 6.07) is 6.18. The van der Waals surface area contributed by atoms with E-state index in [9.17, 15) is 19.5 Å². The Balaban J connectivity index is 1.98. The molecule has 27 heavy (non-hydrogen) atoms. The minimum atomic E-state index is -1.33. The summed E-state index contributed by atoms with van der Waals surface area (Å²) in [5, 5.41) is 13.2. The fourth-order valence-electron chi connectivity index (χ4n) is 2.35. The molecule has 2 amide bonds. The number of thioether (sulfide) groups is 1. The van der Waals surface area contributed by atoms with Crippen molar-refractivity contribution >= 4 is 52.2 Å². The highest BCUT2D eigenvalue weighted by atomic mass is 32.2. The number of carbonyl (C=O) groups excluding carboxylic acids is 3. The van der Waals surface area contributed by atoms with Crippen LogP contribution in [-0.4, -0.2) is 46.7 Å². The highest BCUT2D eigenvalue weighted by Crippen LogP contribution is 2.32. The molecule has 1 heterocycles. The summed E-state index contributed by atoms with van der Waals surface area (Å²) < 4.78 is 5.46. The first-order valence-corrected chi connectivity index (χ1v) is 9.47. The number of methoxy groups -OCH3 is 1. The Morgan fingerprint density at radius 2 is 2.04 bits per heavy atom. The minimum absolute atomic E-state index is 0.0496. The maximum atomic E-state index is 12.5. The van der Waals surface area contributed by atoms with Gasteiger partial charge in [-0.3, -0.25) is 14.5 Å². The van der Waals surface area contributed by atoms with Crippen LogP contribution in [0.15, 0.2) is 29.2 Å². The van der Waals surface area contributed by atoms with E-state index in [2.05, 4.69) is 5.32 Å². The van der Waals surface area contributed by atoms with Gasteiger partial charge in [0.25, 0.3) is 5.91 Å². The van der Waals surface area contributed by atoms with Gasteiger partial charge in [-0.15, -0.1) is 0 Å². The van der Waals surface area contributed by atoms with Crippen LogP contribution in [0.3, 0.4) is 0 Å². The summed E-state index contributed by atoms with van der Waals surface area (Å²) in [5.74, 6) is -1.37. The molecular formula is C18H19N2O5S2-. The third-order valence-corrected chi connectivity index (χ3v) is 5.26. The van der Waals surface area contributed by atoms with Crippen LogP contribution in [0.1, 0.15) is 25.3 Å². The number of nitrogens with zero attached hydrogens (tertiary/aromatic N) is 1. The molecular weight excluding hydrogens is 388 g/mol. The first-order chi connectivity index (χ1) is 12.8. The van der Waals surface area contributed by atoms with Gasteiger partial charge in [0.1, 0.15) is 10.1 Å². The Morgan fingerprint density at radius 3 is 2.59 bits per heavy atom. The molecule has 1 aromatic carbocycles. The van der Waals surface area contributed by atoms with Gasteiger partial charge >= 0.3 is 0 Å². The summed E-state index contributed by atoms with van der Waals surface area (Å²) in [6.45, 7) is 1.71. The van der Waals surface area contributed by atoms with Gasteiger partial charge in [-0.25, -0.2) is 0 Å². The third-order valence-electron chi connectivity index (χ3n) is 3.88. The summed E-state index contributed by atoms with van der Waals surface area (Å²) >= 11 is 6.39. The third kappa shape index (κ3) is 5.54. The topological polar surface area (TPSA) is 98.8 Å². The molecule has 1 N–H and O–H groups in total. The quantitative estimate of drug-likeness (QED) is 0.506. The SMILES string of the molecule is CC[C@H](NC(=O)CCN1C(=O)/C(=C\c2ccc(OC)cc2)SC1=S)C(=O)[O-]. The average Bonchev–Trinajstić information content (AvgIpc) is 2.91. The highest BCUT2D eigenvalue weighted by Gasteiger charge is 2.32. The van der Waals surface area contributed by atoms with Crippen molar-refractivity contribution in [2.45, 2.75) is 25.8 Å². The van der Waals surface area contributed by atoms with Gasteiger partial charge in [0.05, 0.1) is 24.0 Å². The molecule has 0 unspecified atom stereocenters. The van der Waals surface area contributed by atoms with Crippen LogP contribution in [0.5, 0.6) is 5.75 Å². The number of thiocarbonyl (C=S) groups is 1. The van der Waals surface area contributed by atoms with E-state index in [1.807, 2.05) is 12.1 Å². The molecule has 1 atom stereocenters. The number of carbonyl (C=O) groups is 3. The fraction of sp³-hybridized carbons (Fsp3) is 0.333. The Bertz CT molecular complexity index is 776. The normalized spacial score (nSPS) is 16.5. The Kier molecular flexibility index (Phi) is 7.37. The molecule has 0 radical (unpaired) electrons. The summed E-state index contributed by atoms with van der Waals surface area (Å²) in [4.78, 5) is 37.1. The van der Waals surface area contributed by atoms with Crippen molar-refractivity contribution in [3.8, 4) is 5.75 Å². The van der Waals surface area contributed by atoms with Crippen molar-refractivity contribution in [1.82, 2.24) is 10.2 Å². The molecule has 1 aliphatic heterocycles. The van der Waals surface area contributed by atoms with Crippen LogP contribution in [0, 0.1) is 0 Å². The Morgan fingerprint density at radius 1 is 1.37 bits per heavy atom. The van der Waals surface area contributed by atoms with E-state index < -0.39 is 17.9 Å². The second-order valence-electron chi connectivity index (χ2n) is 5.70. The number of aliphatic carboxylic acids is 1. The van der Waals surface area contributed by atoms with E-state index in [4.69, 9.17) is 17.0 Å². The van der Waals surface area contributed by atoms with Crippen molar-refractivity contribution in [3.05, 3.63) is 34.7 Å². The second-order valence-corrected chi connectivity index (χ2v) is 7.38. The van der Waals surface area contributed by atoms with Crippen LogP contribution in [-0.2, 0) is 14.4 Å². The molecule has 0 aromatic heterocycles. The molecule has 1 aliphatic rings. The van der Waals surface area contributed by atoms with Crippen LogP contribution >= 0.6 is 24.0 Å². The van der Waals surface area contributed by atoms with Gasteiger partial charge in [-0.1, -0.05) is 43.0 Å². The second kappa shape index (κ2) is 9.52. The van der Waals surface area contributed by atoms with Crippen LogP contribution in [0.4, 0.5) is 0 Å². The van der Waals surface area contributed by atoms with Gasteiger partial charge in [-0.2, -0.15) is 0 Å². The minimum Gasteiger partial charge on any atom is -0.548 e. The first-order valence-electron chi connectivity index (χ1n) is 8.25. The van der Waals surface area contributed by atoms with Crippen molar-refractivity contribution in [1.29, 1.82) is 0 Å². The van der Waals surface area contributed by atoms with Gasteiger partial charge in [0, 0.05) is 13.0 Å². The Hall–Kier alpha value is -2.39. The molecule has 1 saturated heterocycles. The largest absolute Gasteiger partial charge is 0.548 e. The molecule has 144 valence electrons. The van der Waals surface area contributed by atoms with Crippen molar-refractivity contribution in [2.75, 3.05) is 13.7 Å². The summed E-state index contributed by atoms with van der Waals surface area (Å²) in [6.07, 6.45) is 1.90. The number of benzene rings is 1. The monoisotopic (exact) mass is 407 g/mol. The van der Waals surface area contributed by atoms with Gasteiger partial charge in [-0.05, 0) is 30.2 Å². The lowest BCUT2D eigenvalue weighted by Gasteiger charge is -2.19. The lowest BCUT2D eigenvalue weighted by molar-refractivity contribution is -0.308. The maximum Gasteiger partial charge on any atom is 0.266 e. The van der Waals surface area contributed by atoms with Crippen molar-refractivity contribution < 1.29 is 24.2 Å². The maximum absolute atomic E-state index is 12.5. The first kappa shape index (κ1) is 20.9. The standard InChI is InChI=1S/C18H20N2O5S2/c1-3-13(17(23)24)19-15(21)8-9-20-16(22)14(27-18(20)26)10-11-4-6-12(25-2)7-5-11/h4-7,10,13H,3,8-9H2,1-2H3,(H,19,21)(H,23,24)/p-1/b14-10+/t13-/m0/s1. The molecule has 7 nitrogen and oxygen atoms in total. The van der Waals surface area contributed by atoms with E-state index in [1.54, 1.807) is 32.2 Å². The zero-order chi connectivity index (χ0) is 20.0. The van der Waals surface area contributed by atoms with E-state index >= 15 is 0 Å². The molecule has 0 bridgehead atoms. The number of nitrogens with one attached hydrogen (secondary N) is 1. The van der Waals surface area contributed by atoms with E-state index in [-0.39, 0.29) is 25.3 Å². The van der Waals surface area contributed by atoms with Gasteiger partial charge in [0.15, 0.2) is 0 Å². The molecule has 0 aliphatic carbocycles. The van der Waals surface area contributed by atoms with Crippen LogP contribution < -0.4 is 15.2 Å². The van der Waals surface area contributed by atoms with Crippen LogP contribution in [0.25, 0.3) is 6.08 Å². The van der Waals surface area contributed by atoms with Gasteiger partial charge in [0.2, 0.25) is 5.91 Å². The number of carboxylic acids is 1. The smallest absolute Gasteiger partial charge is 0.266 e. The number of rotatable bonds is 8. The number of ether oxygens (including phenoxy) is 1. The highest BCUT2D eigenvalue weighted by molar-refractivity contribution is 8.26. The van der Waals surface area contributed by atoms with Crippen molar-refractivity contribution in [2.24, 2.45) is 0 Å². The lowest BCUT2D eigenvalue weighted by Crippen LogP contribution is -2.48. The summed E-state index contributed by atoms with van der Waals surface area (Å²) in [7, 11) is 1.58. The molecule has 2 rings (SSSR count). The molecule has 9 heteroatoms. The van der Waals surface area contributed by atoms with Crippen molar-refractivity contribution in [3.63, 3.8) is 0 Å². The van der Waals surface area contributed by atoms with E-state index in [0.29, 0.717) is 15.0 Å². The van der Waals surface area contributed by atoms with E-state index in [0.717, 1.165) is 17.3 Å². The summed E-state index contributed by atoms with van der Waals surface area (Å²) in [5.41, 5.74) is 0.828. The number of carboxylic acid groups (broad SMARTS) is 1. The lowest BCUT2D eigenvalue weighted by atomic mass is 10.2. The molecule has 0 saturated carbocycles.